The van der Waals surface area contributed by atoms with Crippen LogP contribution in [0.4, 0.5) is 4.39 Å². The van der Waals surface area contributed by atoms with Crippen LogP contribution in [-0.4, -0.2) is 19.1 Å². The Balaban J connectivity index is 1.75. The fraction of sp³-hybridized carbons (Fsp3) is 0.167. The molecule has 0 atom stereocenters. The van der Waals surface area contributed by atoms with E-state index in [1.165, 1.54) is 12.1 Å². The molecule has 0 saturated carbocycles. The second-order valence-electron chi connectivity index (χ2n) is 4.62. The predicted octanol–water partition coefficient (Wildman–Crippen LogP) is 2.95. The van der Waals surface area contributed by atoms with Gasteiger partial charge in [0, 0.05) is 5.56 Å². The van der Waals surface area contributed by atoms with Gasteiger partial charge in [-0.3, -0.25) is 4.79 Å². The number of halogens is 1. The van der Waals surface area contributed by atoms with Gasteiger partial charge >= 0.3 is 0 Å². The van der Waals surface area contributed by atoms with Gasteiger partial charge in [0.1, 0.15) is 6.61 Å². The van der Waals surface area contributed by atoms with E-state index in [0.29, 0.717) is 5.56 Å². The first-order chi connectivity index (χ1) is 10.7. The van der Waals surface area contributed by atoms with Crippen LogP contribution in [0.15, 0.2) is 48.5 Å². The van der Waals surface area contributed by atoms with Crippen molar-refractivity contribution in [1.82, 2.24) is 5.32 Å². The van der Waals surface area contributed by atoms with Crippen LogP contribution in [0.2, 0.25) is 0 Å². The normalized spacial score (nSPS) is 9.55. The van der Waals surface area contributed by atoms with Gasteiger partial charge in [-0.25, -0.2) is 4.39 Å². The van der Waals surface area contributed by atoms with E-state index in [9.17, 15) is 9.18 Å². The molecule has 0 radical (unpaired) electrons. The van der Waals surface area contributed by atoms with Gasteiger partial charge in [-0.15, -0.1) is 0 Å². The van der Waals surface area contributed by atoms with Crippen LogP contribution in [0.1, 0.15) is 15.9 Å². The molecule has 2 aromatic rings. The zero-order valence-electron chi connectivity index (χ0n) is 12.2. The molecule has 1 N–H and O–H groups in total. The lowest BCUT2D eigenvalue weighted by Crippen LogP contribution is -2.23. The number of hydrogen-bond acceptors (Lipinski definition) is 2. The number of ether oxygens (including phenoxy) is 1. The van der Waals surface area contributed by atoms with Crippen LogP contribution in [0, 0.1) is 24.6 Å². The molecular formula is C18H16FNO2. The summed E-state index contributed by atoms with van der Waals surface area (Å²) >= 11 is 0. The van der Waals surface area contributed by atoms with Crippen molar-refractivity contribution < 1.29 is 13.9 Å². The summed E-state index contributed by atoms with van der Waals surface area (Å²) in [6, 6.07) is 13.5. The largest absolute Gasteiger partial charge is 0.478 e. The molecule has 2 aromatic carbocycles. The molecule has 3 nitrogen and oxygen atoms in total. The molecular weight excluding hydrogens is 281 g/mol. The molecule has 4 heteroatoms. The van der Waals surface area contributed by atoms with E-state index in [4.69, 9.17) is 4.74 Å². The van der Waals surface area contributed by atoms with Gasteiger partial charge in [0.25, 0.3) is 5.91 Å². The lowest BCUT2D eigenvalue weighted by atomic mass is 10.1. The van der Waals surface area contributed by atoms with E-state index < -0.39 is 5.82 Å². The Bertz CT molecular complexity index is 716. The second-order valence-corrected chi connectivity index (χ2v) is 4.62. The van der Waals surface area contributed by atoms with Gasteiger partial charge in [-0.2, -0.15) is 0 Å². The van der Waals surface area contributed by atoms with Crippen molar-refractivity contribution in [3.8, 4) is 17.6 Å². The van der Waals surface area contributed by atoms with Crippen molar-refractivity contribution >= 4 is 5.91 Å². The van der Waals surface area contributed by atoms with Gasteiger partial charge in [0.2, 0.25) is 0 Å². The first-order valence-electron chi connectivity index (χ1n) is 6.85. The van der Waals surface area contributed by atoms with Crippen molar-refractivity contribution in [2.75, 3.05) is 13.2 Å². The molecule has 0 fully saturated rings. The molecule has 0 unspecified atom stereocenters. The summed E-state index contributed by atoms with van der Waals surface area (Å²) in [5, 5.41) is 2.69. The van der Waals surface area contributed by atoms with Gasteiger partial charge in [-0.05, 0) is 31.2 Å². The maximum absolute atomic E-state index is 13.3. The van der Waals surface area contributed by atoms with E-state index >= 15 is 0 Å². The molecule has 0 heterocycles. The number of hydrogen-bond donors (Lipinski definition) is 1. The van der Waals surface area contributed by atoms with Crippen molar-refractivity contribution in [1.29, 1.82) is 0 Å². The summed E-state index contributed by atoms with van der Waals surface area (Å²) in [7, 11) is 0. The molecule has 0 spiro atoms. The quantitative estimate of drug-likeness (QED) is 0.881. The third-order valence-electron chi connectivity index (χ3n) is 2.88. The summed E-state index contributed by atoms with van der Waals surface area (Å²) in [6.07, 6.45) is 0. The van der Waals surface area contributed by atoms with E-state index in [1.54, 1.807) is 18.2 Å². The lowest BCUT2D eigenvalue weighted by Gasteiger charge is -2.03. The number of aryl methyl sites for hydroxylation is 1. The number of amides is 1. The van der Waals surface area contributed by atoms with E-state index in [1.807, 2.05) is 25.1 Å². The fourth-order valence-corrected chi connectivity index (χ4v) is 1.80. The monoisotopic (exact) mass is 297 g/mol. The number of carbonyl (C=O) groups excluding carboxylic acids is 1. The van der Waals surface area contributed by atoms with Crippen molar-refractivity contribution in [3.63, 3.8) is 0 Å². The van der Waals surface area contributed by atoms with Crippen LogP contribution in [0.25, 0.3) is 0 Å². The number of carbonyl (C=O) groups is 1. The molecule has 112 valence electrons. The highest BCUT2D eigenvalue weighted by Crippen LogP contribution is 2.14. The third-order valence-corrected chi connectivity index (χ3v) is 2.88. The SMILES string of the molecule is Cc1cccc(C(=O)NCC#CCOc2ccccc2F)c1. The summed E-state index contributed by atoms with van der Waals surface area (Å²) in [4.78, 5) is 11.8. The third kappa shape index (κ3) is 4.64. The molecule has 0 aliphatic heterocycles. The van der Waals surface area contributed by atoms with Crippen molar-refractivity contribution in [2.45, 2.75) is 6.92 Å². The highest BCUT2D eigenvalue weighted by Gasteiger charge is 2.03. The summed E-state index contributed by atoms with van der Waals surface area (Å²) in [5.74, 6) is 5.06. The Labute approximate surface area is 129 Å². The first kappa shape index (κ1) is 15.6. The number of para-hydroxylation sites is 1. The standard InChI is InChI=1S/C18H16FNO2/c1-14-7-6-8-15(13-14)18(21)20-11-4-5-12-22-17-10-3-2-9-16(17)19/h2-3,6-10,13H,11-12H2,1H3,(H,20,21). The van der Waals surface area contributed by atoms with Crippen LogP contribution in [0.3, 0.4) is 0 Å². The lowest BCUT2D eigenvalue weighted by molar-refractivity contribution is 0.0958. The minimum absolute atomic E-state index is 0.0707. The highest BCUT2D eigenvalue weighted by atomic mass is 19.1. The maximum atomic E-state index is 13.3. The minimum atomic E-state index is -0.419. The Morgan fingerprint density at radius 2 is 2.00 bits per heavy atom. The molecule has 1 amide bonds. The maximum Gasteiger partial charge on any atom is 0.252 e. The zero-order valence-corrected chi connectivity index (χ0v) is 12.2. The van der Waals surface area contributed by atoms with E-state index in [-0.39, 0.29) is 24.8 Å². The average molecular weight is 297 g/mol. The molecule has 22 heavy (non-hydrogen) atoms. The topological polar surface area (TPSA) is 38.3 Å². The highest BCUT2D eigenvalue weighted by molar-refractivity contribution is 5.94. The summed E-state index contributed by atoms with van der Waals surface area (Å²) < 4.78 is 18.4. The van der Waals surface area contributed by atoms with Crippen LogP contribution >= 0.6 is 0 Å². The van der Waals surface area contributed by atoms with Crippen LogP contribution in [0.5, 0.6) is 5.75 Å². The second kappa shape index (κ2) is 7.84. The van der Waals surface area contributed by atoms with Crippen molar-refractivity contribution in [3.05, 3.63) is 65.5 Å². The van der Waals surface area contributed by atoms with Gasteiger partial charge in [-0.1, -0.05) is 41.7 Å². The summed E-state index contributed by atoms with van der Waals surface area (Å²) in [5.41, 5.74) is 1.63. The number of benzene rings is 2. The zero-order chi connectivity index (χ0) is 15.8. The first-order valence-corrected chi connectivity index (χ1v) is 6.85. The number of nitrogens with one attached hydrogen (secondary N) is 1. The minimum Gasteiger partial charge on any atom is -0.478 e. The molecule has 0 aromatic heterocycles. The smallest absolute Gasteiger partial charge is 0.252 e. The Morgan fingerprint density at radius 1 is 1.18 bits per heavy atom. The van der Waals surface area contributed by atoms with Crippen LogP contribution in [-0.2, 0) is 0 Å². The molecule has 0 aliphatic carbocycles. The average Bonchev–Trinajstić information content (AvgIpc) is 2.52. The molecule has 0 saturated heterocycles. The van der Waals surface area contributed by atoms with Gasteiger partial charge in [0.05, 0.1) is 6.54 Å². The van der Waals surface area contributed by atoms with Crippen molar-refractivity contribution in [2.24, 2.45) is 0 Å². The summed E-state index contributed by atoms with van der Waals surface area (Å²) in [6.45, 7) is 2.21. The Morgan fingerprint density at radius 3 is 2.77 bits per heavy atom. The van der Waals surface area contributed by atoms with E-state index in [2.05, 4.69) is 17.2 Å². The van der Waals surface area contributed by atoms with Crippen LogP contribution < -0.4 is 10.1 Å². The molecule has 0 aliphatic rings. The van der Waals surface area contributed by atoms with Gasteiger partial charge < -0.3 is 10.1 Å². The Hall–Kier alpha value is -2.80. The molecule has 0 bridgehead atoms. The predicted molar refractivity (Wildman–Crippen MR) is 83.2 cm³/mol. The number of rotatable bonds is 4. The molecule has 2 rings (SSSR count). The Kier molecular flexibility index (Phi) is 5.56. The fourth-order valence-electron chi connectivity index (χ4n) is 1.80. The van der Waals surface area contributed by atoms with Gasteiger partial charge in [0.15, 0.2) is 11.6 Å². The van der Waals surface area contributed by atoms with E-state index in [0.717, 1.165) is 5.56 Å².